The molecule has 0 fully saturated rings. The molecule has 1 aliphatic rings. The van der Waals surface area contributed by atoms with E-state index in [1.165, 1.54) is 17.8 Å². The van der Waals surface area contributed by atoms with E-state index in [4.69, 9.17) is 0 Å². The highest BCUT2D eigenvalue weighted by Crippen LogP contribution is 2.25. The van der Waals surface area contributed by atoms with Gasteiger partial charge in [0.2, 0.25) is 5.82 Å². The van der Waals surface area contributed by atoms with Gasteiger partial charge in [-0.15, -0.1) is 0 Å². The van der Waals surface area contributed by atoms with Crippen molar-refractivity contribution in [2.45, 2.75) is 6.54 Å². The number of halogens is 5. The lowest BCUT2D eigenvalue weighted by molar-refractivity contribution is 0.333. The molecule has 0 amide bonds. The van der Waals surface area contributed by atoms with Crippen LogP contribution in [0.15, 0.2) is 12.4 Å². The summed E-state index contributed by atoms with van der Waals surface area (Å²) in [5.74, 6) is -9.61. The molecule has 0 unspecified atom stereocenters. The van der Waals surface area contributed by atoms with Crippen molar-refractivity contribution in [3.8, 4) is 0 Å². The van der Waals surface area contributed by atoms with Crippen LogP contribution >= 0.6 is 0 Å². The van der Waals surface area contributed by atoms with Gasteiger partial charge in [0.15, 0.2) is 23.3 Å². The molecule has 0 bridgehead atoms. The molecule has 0 saturated carbocycles. The first kappa shape index (κ1) is 12.7. The van der Waals surface area contributed by atoms with E-state index < -0.39 is 41.2 Å². The monoisotopic (exact) mass is 263 g/mol. The van der Waals surface area contributed by atoms with Crippen LogP contribution in [0.1, 0.15) is 5.56 Å². The second kappa shape index (κ2) is 4.47. The average molecular weight is 263 g/mol. The van der Waals surface area contributed by atoms with Crippen molar-refractivity contribution < 1.29 is 22.0 Å². The van der Waals surface area contributed by atoms with Crippen molar-refractivity contribution in [2.75, 3.05) is 7.05 Å². The number of rotatable bonds is 2. The molecule has 1 aromatic carbocycles. The van der Waals surface area contributed by atoms with Crippen molar-refractivity contribution in [3.63, 3.8) is 0 Å². The smallest absolute Gasteiger partial charge is 0.200 e. The topological polar surface area (TPSA) is 6.48 Å². The first-order chi connectivity index (χ1) is 8.41. The Morgan fingerprint density at radius 1 is 0.833 bits per heavy atom. The van der Waals surface area contributed by atoms with Gasteiger partial charge in [0.05, 0.1) is 6.54 Å². The highest BCUT2D eigenvalue weighted by atomic mass is 19.2. The Morgan fingerprint density at radius 2 is 1.33 bits per heavy atom. The molecule has 18 heavy (non-hydrogen) atoms. The molecular weight excluding hydrogens is 255 g/mol. The van der Waals surface area contributed by atoms with Crippen molar-refractivity contribution in [1.29, 1.82) is 0 Å². The van der Waals surface area contributed by atoms with Gasteiger partial charge in [0.1, 0.15) is 6.67 Å². The Morgan fingerprint density at radius 3 is 1.78 bits per heavy atom. The van der Waals surface area contributed by atoms with Crippen molar-refractivity contribution in [2.24, 2.45) is 0 Å². The molecule has 0 N–H and O–H groups in total. The fourth-order valence-corrected chi connectivity index (χ4v) is 1.57. The average Bonchev–Trinajstić information content (AvgIpc) is 2.75. The van der Waals surface area contributed by atoms with E-state index in [1.807, 2.05) is 0 Å². The quantitative estimate of drug-likeness (QED) is 0.460. The summed E-state index contributed by atoms with van der Waals surface area (Å²) >= 11 is 0. The van der Waals surface area contributed by atoms with Gasteiger partial charge in [-0.05, 0) is 0 Å². The molecule has 7 heteroatoms. The van der Waals surface area contributed by atoms with Crippen LogP contribution < -0.4 is 0 Å². The summed E-state index contributed by atoms with van der Waals surface area (Å²) in [6, 6.07) is 0. The normalized spacial score (nSPS) is 14.8. The minimum atomic E-state index is -2.15. The third-order valence-corrected chi connectivity index (χ3v) is 2.47. The summed E-state index contributed by atoms with van der Waals surface area (Å²) in [4.78, 5) is 2.88. The van der Waals surface area contributed by atoms with Crippen molar-refractivity contribution in [1.82, 2.24) is 9.80 Å². The summed E-state index contributed by atoms with van der Waals surface area (Å²) in [5, 5.41) is 0. The molecule has 0 aromatic heterocycles. The summed E-state index contributed by atoms with van der Waals surface area (Å²) in [6.07, 6.45) is 3.03. The standard InChI is InChI=1S/C11H8F5N2/c1-17-2-3-18(5-17)4-6-7(12)9(14)11(16)10(15)8(6)13/h2-3,5H,4H2,1H3. The maximum absolute atomic E-state index is 13.4. The lowest BCUT2D eigenvalue weighted by Gasteiger charge is -2.18. The second-order valence-electron chi connectivity index (χ2n) is 3.80. The minimum absolute atomic E-state index is 0.438. The molecule has 2 nitrogen and oxygen atoms in total. The second-order valence-corrected chi connectivity index (χ2v) is 3.80. The number of hydrogen-bond acceptors (Lipinski definition) is 2. The van der Waals surface area contributed by atoms with Gasteiger partial charge < -0.3 is 9.80 Å². The Kier molecular flexibility index (Phi) is 3.14. The molecule has 1 aliphatic heterocycles. The molecule has 0 saturated heterocycles. The third kappa shape index (κ3) is 2.00. The van der Waals surface area contributed by atoms with Crippen LogP contribution in [-0.2, 0) is 6.54 Å². The summed E-state index contributed by atoms with van der Waals surface area (Å²) < 4.78 is 65.4. The van der Waals surface area contributed by atoms with E-state index in [0.29, 0.717) is 0 Å². The van der Waals surface area contributed by atoms with Gasteiger partial charge in [0.25, 0.3) is 0 Å². The van der Waals surface area contributed by atoms with Crippen LogP contribution in [-0.4, -0.2) is 16.8 Å². The fraction of sp³-hybridized carbons (Fsp3) is 0.182. The van der Waals surface area contributed by atoms with E-state index in [0.717, 1.165) is 0 Å². The summed E-state index contributed by atoms with van der Waals surface area (Å²) in [5.41, 5.74) is -0.859. The zero-order chi connectivity index (χ0) is 13.4. The molecule has 1 heterocycles. The Balaban J connectivity index is 2.36. The van der Waals surface area contributed by atoms with E-state index in [2.05, 4.69) is 0 Å². The lowest BCUT2D eigenvalue weighted by Crippen LogP contribution is -2.19. The third-order valence-electron chi connectivity index (χ3n) is 2.47. The van der Waals surface area contributed by atoms with Crippen LogP contribution in [0.25, 0.3) is 0 Å². The van der Waals surface area contributed by atoms with Crippen LogP contribution in [0.2, 0.25) is 0 Å². The Hall–Kier alpha value is -1.79. The summed E-state index contributed by atoms with van der Waals surface area (Å²) in [7, 11) is 1.66. The molecule has 0 aliphatic carbocycles. The summed E-state index contributed by atoms with van der Waals surface area (Å²) in [6.45, 7) is 1.02. The van der Waals surface area contributed by atoms with Gasteiger partial charge in [-0.2, -0.15) is 0 Å². The van der Waals surface area contributed by atoms with E-state index in [1.54, 1.807) is 18.1 Å². The number of nitrogens with zero attached hydrogens (tertiary/aromatic N) is 2. The maximum Gasteiger partial charge on any atom is 0.200 e. The Labute approximate surface area is 99.9 Å². The van der Waals surface area contributed by atoms with E-state index >= 15 is 0 Å². The van der Waals surface area contributed by atoms with Gasteiger partial charge >= 0.3 is 0 Å². The van der Waals surface area contributed by atoms with Gasteiger partial charge in [-0.3, -0.25) is 0 Å². The molecule has 0 atom stereocenters. The van der Waals surface area contributed by atoms with Gasteiger partial charge in [-0.1, -0.05) is 0 Å². The zero-order valence-electron chi connectivity index (χ0n) is 9.22. The molecule has 2 rings (SSSR count). The molecule has 0 spiro atoms. The van der Waals surface area contributed by atoms with Crippen molar-refractivity contribution >= 4 is 0 Å². The Bertz CT molecular complexity index is 486. The first-order valence-corrected chi connectivity index (χ1v) is 4.93. The van der Waals surface area contributed by atoms with Gasteiger partial charge in [-0.25, -0.2) is 22.0 Å². The highest BCUT2D eigenvalue weighted by molar-refractivity contribution is 5.24. The maximum atomic E-state index is 13.4. The largest absolute Gasteiger partial charge is 0.356 e. The van der Waals surface area contributed by atoms with Gasteiger partial charge in [0, 0.05) is 25.0 Å². The van der Waals surface area contributed by atoms with E-state index in [9.17, 15) is 22.0 Å². The lowest BCUT2D eigenvalue weighted by atomic mass is 10.1. The van der Waals surface area contributed by atoms with Crippen LogP contribution in [0.3, 0.4) is 0 Å². The van der Waals surface area contributed by atoms with E-state index in [-0.39, 0.29) is 0 Å². The zero-order valence-corrected chi connectivity index (χ0v) is 9.22. The fourth-order valence-electron chi connectivity index (χ4n) is 1.57. The molecule has 97 valence electrons. The predicted molar refractivity (Wildman–Crippen MR) is 53.0 cm³/mol. The number of hydrogen-bond donors (Lipinski definition) is 0. The SMILES string of the molecule is CN1[CH]N(Cc2c(F)c(F)c(F)c(F)c2F)C=C1. The van der Waals surface area contributed by atoms with Crippen LogP contribution in [0, 0.1) is 35.8 Å². The highest BCUT2D eigenvalue weighted by Gasteiger charge is 2.27. The number of benzene rings is 1. The minimum Gasteiger partial charge on any atom is -0.356 e. The molecular formula is C11H8F5N2. The predicted octanol–water partition coefficient (Wildman–Crippen LogP) is 2.72. The first-order valence-electron chi connectivity index (χ1n) is 4.93. The van der Waals surface area contributed by atoms with Crippen molar-refractivity contribution in [3.05, 3.63) is 53.7 Å². The van der Waals surface area contributed by atoms with Crippen LogP contribution in [0.4, 0.5) is 22.0 Å². The molecule has 1 radical (unpaired) electrons. The molecule has 1 aromatic rings. The van der Waals surface area contributed by atoms with Crippen LogP contribution in [0.5, 0.6) is 0 Å².